The van der Waals surface area contributed by atoms with Crippen LogP contribution >= 0.6 is 0 Å². The molecular formula is C13H16N4O3. The summed E-state index contributed by atoms with van der Waals surface area (Å²) in [5.41, 5.74) is 2.43. The van der Waals surface area contributed by atoms with E-state index in [1.54, 1.807) is 6.07 Å². The minimum Gasteiger partial charge on any atom is -0.472 e. The predicted octanol–water partition coefficient (Wildman–Crippen LogP) is 0.756. The third-order valence-electron chi connectivity index (χ3n) is 3.39. The van der Waals surface area contributed by atoms with Crippen molar-refractivity contribution < 1.29 is 13.9 Å². The maximum Gasteiger partial charge on any atom is 0.254 e. The van der Waals surface area contributed by atoms with Crippen LogP contribution in [0.2, 0.25) is 0 Å². The van der Waals surface area contributed by atoms with E-state index < -0.39 is 0 Å². The number of aromatic nitrogens is 3. The number of aryl methyl sites for hydroxylation is 1. The second-order valence-electron chi connectivity index (χ2n) is 4.91. The summed E-state index contributed by atoms with van der Waals surface area (Å²) in [6.45, 7) is 4.26. The average Bonchev–Trinajstić information content (AvgIpc) is 3.03. The van der Waals surface area contributed by atoms with Crippen LogP contribution in [0.3, 0.4) is 0 Å². The number of hydrogen-bond donors (Lipinski definition) is 1. The molecule has 0 aliphatic carbocycles. The van der Waals surface area contributed by atoms with Gasteiger partial charge < -0.3 is 14.5 Å². The van der Waals surface area contributed by atoms with Crippen LogP contribution in [0.15, 0.2) is 23.0 Å². The first-order valence-corrected chi connectivity index (χ1v) is 6.51. The molecule has 1 unspecified atom stereocenters. The molecule has 0 saturated heterocycles. The zero-order valence-corrected chi connectivity index (χ0v) is 11.2. The van der Waals surface area contributed by atoms with Gasteiger partial charge in [-0.2, -0.15) is 0 Å². The maximum absolute atomic E-state index is 11.8. The fourth-order valence-corrected chi connectivity index (χ4v) is 2.22. The van der Waals surface area contributed by atoms with Crippen LogP contribution in [0.25, 0.3) is 0 Å². The SMILES string of the molecule is Cc1nnn2c1COCC(CNC(=O)c1ccoc1)C2. The lowest BCUT2D eigenvalue weighted by Gasteiger charge is -2.14. The van der Waals surface area contributed by atoms with Gasteiger partial charge in [-0.3, -0.25) is 4.79 Å². The Morgan fingerprint density at radius 3 is 3.30 bits per heavy atom. The fraction of sp³-hybridized carbons (Fsp3) is 0.462. The Morgan fingerprint density at radius 1 is 1.60 bits per heavy atom. The number of ether oxygens (including phenoxy) is 1. The van der Waals surface area contributed by atoms with E-state index in [1.165, 1.54) is 12.5 Å². The van der Waals surface area contributed by atoms with Gasteiger partial charge in [0.1, 0.15) is 6.26 Å². The van der Waals surface area contributed by atoms with Crippen LogP contribution in [0.4, 0.5) is 0 Å². The zero-order valence-electron chi connectivity index (χ0n) is 11.2. The highest BCUT2D eigenvalue weighted by Crippen LogP contribution is 2.14. The van der Waals surface area contributed by atoms with Crippen molar-refractivity contribution in [2.45, 2.75) is 20.1 Å². The van der Waals surface area contributed by atoms with E-state index >= 15 is 0 Å². The van der Waals surface area contributed by atoms with Gasteiger partial charge in [0.25, 0.3) is 5.91 Å². The number of carbonyl (C=O) groups excluding carboxylic acids is 1. The molecule has 106 valence electrons. The van der Waals surface area contributed by atoms with Gasteiger partial charge in [-0.25, -0.2) is 4.68 Å². The highest BCUT2D eigenvalue weighted by molar-refractivity contribution is 5.93. The molecule has 0 radical (unpaired) electrons. The van der Waals surface area contributed by atoms with Gasteiger partial charge >= 0.3 is 0 Å². The molecule has 1 N–H and O–H groups in total. The molecular weight excluding hydrogens is 260 g/mol. The van der Waals surface area contributed by atoms with Crippen molar-refractivity contribution in [3.05, 3.63) is 35.5 Å². The van der Waals surface area contributed by atoms with Gasteiger partial charge in [0, 0.05) is 19.0 Å². The van der Waals surface area contributed by atoms with E-state index in [0.717, 1.165) is 11.4 Å². The van der Waals surface area contributed by atoms with Gasteiger partial charge in [0.2, 0.25) is 0 Å². The molecule has 0 fully saturated rings. The lowest BCUT2D eigenvalue weighted by atomic mass is 10.1. The van der Waals surface area contributed by atoms with Gasteiger partial charge in [0.15, 0.2) is 0 Å². The van der Waals surface area contributed by atoms with Crippen molar-refractivity contribution in [1.29, 1.82) is 0 Å². The molecule has 0 spiro atoms. The van der Waals surface area contributed by atoms with Crippen LogP contribution in [0, 0.1) is 12.8 Å². The Labute approximate surface area is 115 Å². The van der Waals surface area contributed by atoms with Crippen molar-refractivity contribution >= 4 is 5.91 Å². The first-order chi connectivity index (χ1) is 9.74. The molecule has 3 heterocycles. The summed E-state index contributed by atoms with van der Waals surface area (Å²) in [6, 6.07) is 1.64. The Kier molecular flexibility index (Phi) is 3.51. The van der Waals surface area contributed by atoms with Gasteiger partial charge in [0.05, 0.1) is 36.4 Å². The fourth-order valence-electron chi connectivity index (χ4n) is 2.22. The van der Waals surface area contributed by atoms with E-state index in [4.69, 9.17) is 9.15 Å². The minimum atomic E-state index is -0.141. The van der Waals surface area contributed by atoms with Crippen molar-refractivity contribution in [2.24, 2.45) is 5.92 Å². The lowest BCUT2D eigenvalue weighted by molar-refractivity contribution is 0.0850. The molecule has 1 amide bonds. The van der Waals surface area contributed by atoms with Gasteiger partial charge in [-0.1, -0.05) is 5.21 Å². The first-order valence-electron chi connectivity index (χ1n) is 6.51. The second-order valence-corrected chi connectivity index (χ2v) is 4.91. The third-order valence-corrected chi connectivity index (χ3v) is 3.39. The van der Waals surface area contributed by atoms with Crippen molar-refractivity contribution in [3.63, 3.8) is 0 Å². The van der Waals surface area contributed by atoms with Gasteiger partial charge in [-0.05, 0) is 13.0 Å². The smallest absolute Gasteiger partial charge is 0.254 e. The van der Waals surface area contributed by atoms with E-state index in [-0.39, 0.29) is 11.8 Å². The highest BCUT2D eigenvalue weighted by Gasteiger charge is 2.20. The Morgan fingerprint density at radius 2 is 2.50 bits per heavy atom. The van der Waals surface area contributed by atoms with Gasteiger partial charge in [-0.15, -0.1) is 5.10 Å². The molecule has 0 saturated carbocycles. The molecule has 7 nitrogen and oxygen atoms in total. The molecule has 0 aromatic carbocycles. The molecule has 1 aliphatic rings. The molecule has 2 aromatic heterocycles. The number of furan rings is 1. The quantitative estimate of drug-likeness (QED) is 0.894. The predicted molar refractivity (Wildman–Crippen MR) is 68.9 cm³/mol. The average molecular weight is 276 g/mol. The molecule has 1 aliphatic heterocycles. The maximum atomic E-state index is 11.8. The van der Waals surface area contributed by atoms with Crippen LogP contribution in [-0.2, 0) is 17.9 Å². The standard InChI is InChI=1S/C13H16N4O3/c1-9-12-8-20-6-10(5-17(12)16-15-9)4-14-13(18)11-2-3-19-7-11/h2-3,7,10H,4-6,8H2,1H3,(H,14,18). The Balaban J connectivity index is 1.60. The molecule has 0 bridgehead atoms. The molecule has 3 rings (SSSR count). The molecule has 2 aromatic rings. The molecule has 7 heteroatoms. The van der Waals surface area contributed by atoms with Crippen LogP contribution in [0.5, 0.6) is 0 Å². The number of nitrogens with one attached hydrogen (secondary N) is 1. The van der Waals surface area contributed by atoms with Crippen molar-refractivity contribution in [3.8, 4) is 0 Å². The first kappa shape index (κ1) is 12.9. The van der Waals surface area contributed by atoms with E-state index in [1.807, 2.05) is 11.6 Å². The molecule has 1 atom stereocenters. The van der Waals surface area contributed by atoms with E-state index in [0.29, 0.717) is 31.9 Å². The highest BCUT2D eigenvalue weighted by atomic mass is 16.5. The lowest BCUT2D eigenvalue weighted by Crippen LogP contribution is -2.32. The van der Waals surface area contributed by atoms with Crippen LogP contribution in [-0.4, -0.2) is 34.1 Å². The Hall–Kier alpha value is -2.15. The molecule has 20 heavy (non-hydrogen) atoms. The summed E-state index contributed by atoms with van der Waals surface area (Å²) in [6.07, 6.45) is 2.91. The number of hydrogen-bond acceptors (Lipinski definition) is 5. The van der Waals surface area contributed by atoms with Crippen molar-refractivity contribution in [1.82, 2.24) is 20.3 Å². The third kappa shape index (κ3) is 2.57. The zero-order chi connectivity index (χ0) is 13.9. The number of rotatable bonds is 3. The summed E-state index contributed by atoms with van der Waals surface area (Å²) >= 11 is 0. The summed E-state index contributed by atoms with van der Waals surface area (Å²) in [7, 11) is 0. The normalized spacial score (nSPS) is 18.4. The number of fused-ring (bicyclic) bond motifs is 1. The minimum absolute atomic E-state index is 0.141. The second kappa shape index (κ2) is 5.46. The topological polar surface area (TPSA) is 82.2 Å². The Bertz CT molecular complexity index is 591. The number of nitrogens with zero attached hydrogens (tertiary/aromatic N) is 3. The summed E-state index contributed by atoms with van der Waals surface area (Å²) in [5, 5.41) is 11.0. The largest absolute Gasteiger partial charge is 0.472 e. The van der Waals surface area contributed by atoms with Crippen LogP contribution in [0.1, 0.15) is 21.7 Å². The number of carbonyl (C=O) groups is 1. The van der Waals surface area contributed by atoms with E-state index in [2.05, 4.69) is 15.6 Å². The summed E-state index contributed by atoms with van der Waals surface area (Å²) in [4.78, 5) is 11.8. The van der Waals surface area contributed by atoms with E-state index in [9.17, 15) is 4.79 Å². The number of amides is 1. The summed E-state index contributed by atoms with van der Waals surface area (Å²) in [5.74, 6) is 0.0335. The monoisotopic (exact) mass is 276 g/mol. The van der Waals surface area contributed by atoms with Crippen LogP contribution < -0.4 is 5.32 Å². The summed E-state index contributed by atoms with van der Waals surface area (Å²) < 4.78 is 12.4. The van der Waals surface area contributed by atoms with Crippen molar-refractivity contribution in [2.75, 3.05) is 13.2 Å².